The molecule has 0 saturated carbocycles. The zero-order valence-corrected chi connectivity index (χ0v) is 27.5. The number of halogens is 2. The van der Waals surface area contributed by atoms with Crippen LogP contribution in [0.1, 0.15) is 52.6 Å². The smallest absolute Gasteiger partial charge is 0.407 e. The fourth-order valence-corrected chi connectivity index (χ4v) is 6.02. The van der Waals surface area contributed by atoms with Gasteiger partial charge in [0.2, 0.25) is 0 Å². The van der Waals surface area contributed by atoms with Crippen LogP contribution in [0.3, 0.4) is 0 Å². The van der Waals surface area contributed by atoms with Gasteiger partial charge in [-0.15, -0.1) is 0 Å². The van der Waals surface area contributed by atoms with Crippen LogP contribution in [0.2, 0.25) is 0 Å². The lowest BCUT2D eigenvalue weighted by atomic mass is 9.96. The summed E-state index contributed by atoms with van der Waals surface area (Å²) in [7, 11) is -0.750. The highest BCUT2D eigenvalue weighted by molar-refractivity contribution is 8.32. The quantitative estimate of drug-likeness (QED) is 0.170. The summed E-state index contributed by atoms with van der Waals surface area (Å²) >= 11 is 0. The lowest BCUT2D eigenvalue weighted by molar-refractivity contribution is 0.0921. The van der Waals surface area contributed by atoms with Crippen molar-refractivity contribution in [3.05, 3.63) is 101 Å². The lowest BCUT2D eigenvalue weighted by Crippen LogP contribution is -2.54. The van der Waals surface area contributed by atoms with Gasteiger partial charge < -0.3 is 20.1 Å². The Bertz CT molecular complexity index is 1640. The van der Waals surface area contributed by atoms with Crippen molar-refractivity contribution in [2.75, 3.05) is 31.1 Å². The molecule has 0 spiro atoms. The van der Waals surface area contributed by atoms with Gasteiger partial charge in [0.05, 0.1) is 16.8 Å². The van der Waals surface area contributed by atoms with Crippen LogP contribution >= 0.6 is 10.0 Å². The minimum Gasteiger partial charge on any atom is -0.485 e. The number of nitrogens with zero attached hydrogens (tertiary/aromatic N) is 2. The van der Waals surface area contributed by atoms with E-state index in [-0.39, 0.29) is 37.0 Å². The number of benzene rings is 2. The largest absolute Gasteiger partial charge is 0.485 e. The second kappa shape index (κ2) is 14.3. The Hall–Kier alpha value is -4.12. The van der Waals surface area contributed by atoms with E-state index in [9.17, 15) is 18.4 Å². The van der Waals surface area contributed by atoms with Crippen molar-refractivity contribution < 1.29 is 27.8 Å². The first-order valence-corrected chi connectivity index (χ1v) is 17.8. The Morgan fingerprint density at radius 2 is 1.69 bits per heavy atom. The second-order valence-corrected chi connectivity index (χ2v) is 17.0. The maximum Gasteiger partial charge on any atom is 0.407 e. The van der Waals surface area contributed by atoms with Crippen molar-refractivity contribution in [3.63, 3.8) is 0 Å². The molecule has 2 heterocycles. The third-order valence-electron chi connectivity index (χ3n) is 7.39. The minimum atomic E-state index is -0.781. The molecule has 45 heavy (non-hydrogen) atoms. The average molecular weight is 641 g/mol. The first-order chi connectivity index (χ1) is 21.2. The Balaban J connectivity index is 1.51. The molecule has 11 heteroatoms. The van der Waals surface area contributed by atoms with Crippen molar-refractivity contribution in [1.82, 2.24) is 20.0 Å². The molecule has 0 radical (unpaired) electrons. The summed E-state index contributed by atoms with van der Waals surface area (Å²) in [5, 5.41) is 5.99. The lowest BCUT2D eigenvalue weighted by Gasteiger charge is -2.33. The number of aromatic nitrogens is 2. The topological polar surface area (TPSA) is 94.0 Å². The molecule has 1 unspecified atom stereocenters. The van der Waals surface area contributed by atoms with Gasteiger partial charge in [-0.3, -0.25) is 9.20 Å². The van der Waals surface area contributed by atoms with Crippen LogP contribution in [0, 0.1) is 25.5 Å². The maximum atomic E-state index is 14.2. The van der Waals surface area contributed by atoms with Crippen molar-refractivity contribution in [3.8, 4) is 5.75 Å². The van der Waals surface area contributed by atoms with Gasteiger partial charge in [-0.2, -0.15) is 0 Å². The number of carbonyl (C=O) groups excluding carboxylic acids is 2. The normalized spacial score (nSPS) is 13.2. The van der Waals surface area contributed by atoms with Gasteiger partial charge in [0, 0.05) is 12.7 Å². The van der Waals surface area contributed by atoms with Crippen LogP contribution < -0.4 is 15.4 Å². The number of carbonyl (C=O) groups is 2. The van der Waals surface area contributed by atoms with E-state index < -0.39 is 33.3 Å². The van der Waals surface area contributed by atoms with Crippen molar-refractivity contribution in [1.29, 1.82) is 0 Å². The molecule has 0 saturated heterocycles. The van der Waals surface area contributed by atoms with E-state index in [0.717, 1.165) is 23.3 Å². The number of amides is 2. The molecule has 4 aromatic rings. The molecular weight excluding hydrogens is 598 g/mol. The Morgan fingerprint density at radius 3 is 2.36 bits per heavy atom. The Kier molecular flexibility index (Phi) is 10.7. The molecule has 1 atom stereocenters. The summed E-state index contributed by atoms with van der Waals surface area (Å²) in [6, 6.07) is 14.8. The van der Waals surface area contributed by atoms with Gasteiger partial charge in [-0.1, -0.05) is 36.4 Å². The van der Waals surface area contributed by atoms with E-state index in [1.54, 1.807) is 23.6 Å². The average Bonchev–Trinajstić information content (AvgIpc) is 3.30. The van der Waals surface area contributed by atoms with Crippen molar-refractivity contribution >= 4 is 27.7 Å². The molecule has 4 rings (SSSR count). The summed E-state index contributed by atoms with van der Waals surface area (Å²) < 4.78 is 41.4. The first-order valence-electron chi connectivity index (χ1n) is 14.7. The fourth-order valence-electron chi connectivity index (χ4n) is 5.01. The standard InChI is InChI=1S/C34H42F2N4O4S/c1-23-18-29(43-21-26-27(35)14-10-15-28(26)36)31-38-24(2)30(40(31)19-23)32(41)37-22-34(3,16-11-17-45(4,5)6)39-33(42)44-20-25-12-8-7-9-13-25/h7-10,12-15,18-19H,11,16-17,20-22H2,1-6H3,(H,37,41)(H,39,42). The summed E-state index contributed by atoms with van der Waals surface area (Å²) in [5.74, 6) is -0.491. The predicted molar refractivity (Wildman–Crippen MR) is 175 cm³/mol. The molecule has 2 aromatic heterocycles. The molecule has 0 aliphatic heterocycles. The highest BCUT2D eigenvalue weighted by Gasteiger charge is 2.29. The third kappa shape index (κ3) is 9.20. The predicted octanol–water partition coefficient (Wildman–Crippen LogP) is 6.70. The van der Waals surface area contributed by atoms with Crippen LogP contribution in [0.4, 0.5) is 13.6 Å². The third-order valence-corrected chi connectivity index (χ3v) is 8.90. The molecule has 0 bridgehead atoms. The number of fused-ring (bicyclic) bond motifs is 1. The SMILES string of the molecule is Cc1cc(OCc2c(F)cccc2F)c2nc(C)c(C(=O)NCC(C)(CCCS(C)(C)C)NC(=O)OCc3ccccc3)n2c1. The summed E-state index contributed by atoms with van der Waals surface area (Å²) in [4.78, 5) is 31.1. The molecule has 0 aliphatic carbocycles. The summed E-state index contributed by atoms with van der Waals surface area (Å²) in [5.41, 5.74) is 1.75. The number of ether oxygens (including phenoxy) is 2. The summed E-state index contributed by atoms with van der Waals surface area (Å²) in [6.45, 7) is 5.38. The van der Waals surface area contributed by atoms with Gasteiger partial charge in [-0.05, 0) is 87.5 Å². The number of aryl methyl sites for hydroxylation is 2. The molecule has 2 N–H and O–H groups in total. The van der Waals surface area contributed by atoms with E-state index in [0.29, 0.717) is 23.5 Å². The molecule has 0 aliphatic rings. The minimum absolute atomic E-state index is 0.134. The van der Waals surface area contributed by atoms with Gasteiger partial charge in [0.1, 0.15) is 30.5 Å². The zero-order valence-electron chi connectivity index (χ0n) is 26.7. The Labute approximate surface area is 264 Å². The van der Waals surface area contributed by atoms with Crippen LogP contribution in [0.5, 0.6) is 5.75 Å². The number of pyridine rings is 1. The number of imidazole rings is 1. The van der Waals surface area contributed by atoms with E-state index >= 15 is 0 Å². The van der Waals surface area contributed by atoms with Crippen LogP contribution in [0.25, 0.3) is 5.65 Å². The summed E-state index contributed by atoms with van der Waals surface area (Å²) in [6.07, 6.45) is 9.42. The highest BCUT2D eigenvalue weighted by Crippen LogP contribution is 2.36. The van der Waals surface area contributed by atoms with Gasteiger partial charge >= 0.3 is 6.09 Å². The molecule has 242 valence electrons. The number of rotatable bonds is 13. The van der Waals surface area contributed by atoms with Crippen LogP contribution in [-0.2, 0) is 18.0 Å². The molecule has 8 nitrogen and oxygen atoms in total. The van der Waals surface area contributed by atoms with E-state index in [4.69, 9.17) is 9.47 Å². The molecular formula is C34H42F2N4O4S. The van der Waals surface area contributed by atoms with Crippen molar-refractivity contribution in [2.24, 2.45) is 0 Å². The second-order valence-electron chi connectivity index (χ2n) is 12.4. The van der Waals surface area contributed by atoms with Crippen molar-refractivity contribution in [2.45, 2.75) is 52.4 Å². The number of nitrogens with one attached hydrogen (secondary N) is 2. The number of alkyl carbamates (subject to hydrolysis) is 1. The van der Waals surface area contributed by atoms with E-state index in [2.05, 4.69) is 34.4 Å². The van der Waals surface area contributed by atoms with Gasteiger partial charge in [0.25, 0.3) is 5.91 Å². The zero-order chi connectivity index (χ0) is 32.8. The monoisotopic (exact) mass is 640 g/mol. The van der Waals surface area contributed by atoms with E-state index in [1.807, 2.05) is 44.2 Å². The van der Waals surface area contributed by atoms with Crippen LogP contribution in [-0.4, -0.2) is 58.0 Å². The fraction of sp³-hybridized carbons (Fsp3) is 0.382. The molecule has 2 amide bonds. The maximum absolute atomic E-state index is 14.2. The van der Waals surface area contributed by atoms with E-state index in [1.165, 1.54) is 18.2 Å². The number of hydrogen-bond donors (Lipinski definition) is 2. The molecule has 2 aromatic carbocycles. The van der Waals surface area contributed by atoms with Gasteiger partial charge in [-0.25, -0.2) is 28.6 Å². The highest BCUT2D eigenvalue weighted by atomic mass is 32.3. The molecule has 0 fully saturated rings. The van der Waals surface area contributed by atoms with Crippen LogP contribution in [0.15, 0.2) is 60.8 Å². The Morgan fingerprint density at radius 1 is 1.00 bits per heavy atom. The first kappa shape index (κ1) is 33.8. The van der Waals surface area contributed by atoms with Gasteiger partial charge in [0.15, 0.2) is 11.4 Å². The number of hydrogen-bond acceptors (Lipinski definition) is 5.